The average molecular weight is 864 g/mol. The highest BCUT2D eigenvalue weighted by Gasteiger charge is 2.33. The number of anilines is 4. The van der Waals surface area contributed by atoms with Crippen molar-refractivity contribution in [1.82, 2.24) is 25.1 Å². The number of nitrogens with zero attached hydrogens (tertiary/aromatic N) is 6. The van der Waals surface area contributed by atoms with Crippen LogP contribution in [0.3, 0.4) is 0 Å². The van der Waals surface area contributed by atoms with Crippen molar-refractivity contribution in [3.63, 3.8) is 0 Å². The van der Waals surface area contributed by atoms with Crippen LogP contribution in [0, 0.1) is 12.8 Å². The SMILES string of the molecule is Cc1nc(N[C@H](C)c2cc(N)cc(C(F)(F)F)c2)c2cc(O[C@H]3CCOC3)c(N3CCN(CC4CCN(C(=O)c5ccc(Cl)c(N6CCC(=O)NC6=O)c5)CC4)CC3)cc2n1. The van der Waals surface area contributed by atoms with Crippen molar-refractivity contribution in [2.45, 2.75) is 57.9 Å². The molecule has 0 saturated carbocycles. The molecule has 4 N–H and O–H groups in total. The molecule has 324 valence electrons. The topological polar surface area (TPSA) is 158 Å². The van der Waals surface area contributed by atoms with E-state index in [0.29, 0.717) is 82.4 Å². The lowest BCUT2D eigenvalue weighted by molar-refractivity contribution is -0.137. The molecule has 3 aromatic carbocycles. The summed E-state index contributed by atoms with van der Waals surface area (Å²) in [7, 11) is 0. The summed E-state index contributed by atoms with van der Waals surface area (Å²) in [5.41, 5.74) is 7.92. The lowest BCUT2D eigenvalue weighted by atomic mass is 9.95. The molecule has 5 heterocycles. The van der Waals surface area contributed by atoms with Crippen LogP contribution in [0.25, 0.3) is 10.9 Å². The summed E-state index contributed by atoms with van der Waals surface area (Å²) in [6, 6.07) is 11.3. The molecule has 0 radical (unpaired) electrons. The van der Waals surface area contributed by atoms with Gasteiger partial charge in [-0.2, -0.15) is 13.2 Å². The molecule has 4 amide bonds. The number of amides is 4. The first-order valence-electron chi connectivity index (χ1n) is 20.7. The minimum atomic E-state index is -4.53. The fraction of sp³-hybridized carbons (Fsp3) is 0.465. The molecule has 0 bridgehead atoms. The Morgan fingerprint density at radius 3 is 2.48 bits per heavy atom. The Morgan fingerprint density at radius 1 is 1.00 bits per heavy atom. The zero-order valence-corrected chi connectivity index (χ0v) is 34.8. The molecule has 0 aliphatic carbocycles. The van der Waals surface area contributed by atoms with E-state index in [-0.39, 0.29) is 36.6 Å². The third kappa shape index (κ3) is 9.58. The van der Waals surface area contributed by atoms with Gasteiger partial charge in [0, 0.05) is 81.8 Å². The van der Waals surface area contributed by atoms with E-state index in [9.17, 15) is 27.6 Å². The fourth-order valence-corrected chi connectivity index (χ4v) is 8.78. The number of nitrogens with two attached hydrogens (primary N) is 1. The number of carbonyl (C=O) groups excluding carboxylic acids is 3. The summed E-state index contributed by atoms with van der Waals surface area (Å²) in [5, 5.41) is 6.64. The van der Waals surface area contributed by atoms with E-state index in [4.69, 9.17) is 31.8 Å². The van der Waals surface area contributed by atoms with Gasteiger partial charge < -0.3 is 30.3 Å². The maximum Gasteiger partial charge on any atom is 0.416 e. The molecule has 14 nitrogen and oxygen atoms in total. The first kappa shape index (κ1) is 42.3. The summed E-state index contributed by atoms with van der Waals surface area (Å²) >= 11 is 6.42. The van der Waals surface area contributed by atoms with Crippen molar-refractivity contribution < 1.29 is 37.0 Å². The molecular formula is C43H49ClF3N9O5. The largest absolute Gasteiger partial charge is 0.486 e. The average Bonchev–Trinajstić information content (AvgIpc) is 3.74. The number of benzene rings is 3. The highest BCUT2D eigenvalue weighted by atomic mass is 35.5. The van der Waals surface area contributed by atoms with Crippen LogP contribution < -0.4 is 30.9 Å². The number of aromatic nitrogens is 2. The predicted octanol–water partition coefficient (Wildman–Crippen LogP) is 6.65. The number of fused-ring (bicyclic) bond motifs is 1. The monoisotopic (exact) mass is 863 g/mol. The molecular weight excluding hydrogens is 815 g/mol. The van der Waals surface area contributed by atoms with Crippen molar-refractivity contribution >= 4 is 63.2 Å². The highest BCUT2D eigenvalue weighted by Crippen LogP contribution is 2.39. The van der Waals surface area contributed by atoms with Crippen LogP contribution >= 0.6 is 11.6 Å². The molecule has 1 aromatic heterocycles. The molecule has 0 unspecified atom stereocenters. The van der Waals surface area contributed by atoms with Crippen LogP contribution in [0.2, 0.25) is 5.02 Å². The maximum atomic E-state index is 13.6. The van der Waals surface area contributed by atoms with Gasteiger partial charge in [0.1, 0.15) is 23.5 Å². The van der Waals surface area contributed by atoms with E-state index in [0.717, 1.165) is 69.8 Å². The summed E-state index contributed by atoms with van der Waals surface area (Å²) in [6.07, 6.45) is -2.03. The second-order valence-electron chi connectivity index (χ2n) is 16.3. The number of nitrogen functional groups attached to an aromatic ring is 1. The number of urea groups is 1. The van der Waals surface area contributed by atoms with Gasteiger partial charge in [-0.15, -0.1) is 0 Å². The number of ether oxygens (including phenoxy) is 2. The van der Waals surface area contributed by atoms with Crippen LogP contribution in [-0.2, 0) is 15.7 Å². The van der Waals surface area contributed by atoms with Gasteiger partial charge in [-0.1, -0.05) is 11.6 Å². The molecule has 8 rings (SSSR count). The number of alkyl halides is 3. The molecule has 4 saturated heterocycles. The smallest absolute Gasteiger partial charge is 0.416 e. The third-order valence-electron chi connectivity index (χ3n) is 11.9. The van der Waals surface area contributed by atoms with E-state index < -0.39 is 23.8 Å². The van der Waals surface area contributed by atoms with Gasteiger partial charge >= 0.3 is 12.2 Å². The highest BCUT2D eigenvalue weighted by molar-refractivity contribution is 6.34. The standard InChI is InChI=1S/C43H49ClF3N9O5/c1-25(29-17-30(43(45,46)47)20-31(48)18-29)49-40-33-21-38(61-32-8-16-60-24-32)37(22-35(33)50-26(2)51-40)54-14-12-53(13-15-54)23-27-5-9-55(10-6-27)41(58)28-3-4-34(44)36(19-28)56-11-7-39(57)52-42(56)59/h3-4,17-22,25,27,32H,5-16,23-24,48H2,1-2H3,(H,49,50,51)(H,52,57,59)/t25-,32+/m1/s1. The van der Waals surface area contributed by atoms with Crippen molar-refractivity contribution in [3.8, 4) is 5.75 Å². The first-order valence-corrected chi connectivity index (χ1v) is 21.0. The molecule has 4 aromatic rings. The predicted molar refractivity (Wildman–Crippen MR) is 226 cm³/mol. The Hall–Kier alpha value is -5.39. The lowest BCUT2D eigenvalue weighted by Crippen LogP contribution is -2.50. The van der Waals surface area contributed by atoms with Crippen LogP contribution in [0.1, 0.15) is 66.0 Å². The van der Waals surface area contributed by atoms with Crippen LogP contribution in [0.4, 0.5) is 40.8 Å². The molecule has 0 spiro atoms. The number of piperidine rings is 1. The number of hydrogen-bond donors (Lipinski definition) is 3. The molecule has 4 aliphatic rings. The molecule has 18 heteroatoms. The Labute approximate surface area is 356 Å². The van der Waals surface area contributed by atoms with E-state index in [1.165, 1.54) is 11.0 Å². The van der Waals surface area contributed by atoms with Gasteiger partial charge in [-0.3, -0.25) is 24.7 Å². The summed E-state index contributed by atoms with van der Waals surface area (Å²) in [6.45, 7) is 10.2. The summed E-state index contributed by atoms with van der Waals surface area (Å²) in [4.78, 5) is 55.2. The fourth-order valence-electron chi connectivity index (χ4n) is 8.56. The number of carbonyl (C=O) groups is 3. The number of rotatable bonds is 10. The van der Waals surface area contributed by atoms with Crippen molar-refractivity contribution in [2.75, 3.05) is 86.4 Å². The minimum absolute atomic E-state index is 0.0249. The number of imide groups is 1. The van der Waals surface area contributed by atoms with Gasteiger partial charge in [-0.05, 0) is 86.7 Å². The Kier molecular flexibility index (Phi) is 12.2. The normalized spacial score (nSPS) is 20.0. The van der Waals surface area contributed by atoms with E-state index >= 15 is 0 Å². The summed E-state index contributed by atoms with van der Waals surface area (Å²) < 4.78 is 53.1. The van der Waals surface area contributed by atoms with Crippen LogP contribution in [0.5, 0.6) is 5.75 Å². The second-order valence-corrected chi connectivity index (χ2v) is 16.7. The zero-order chi connectivity index (χ0) is 43.0. The molecule has 61 heavy (non-hydrogen) atoms. The number of nitrogens with one attached hydrogen (secondary N) is 2. The molecule has 2 atom stereocenters. The Morgan fingerprint density at radius 2 is 1.77 bits per heavy atom. The van der Waals surface area contributed by atoms with Crippen molar-refractivity contribution in [3.05, 3.63) is 76.1 Å². The van der Waals surface area contributed by atoms with Gasteiger partial charge in [0.05, 0.1) is 46.7 Å². The first-order chi connectivity index (χ1) is 29.2. The van der Waals surface area contributed by atoms with E-state index in [1.54, 1.807) is 32.0 Å². The van der Waals surface area contributed by atoms with Crippen molar-refractivity contribution in [2.24, 2.45) is 5.92 Å². The molecule has 4 fully saturated rings. The second kappa shape index (κ2) is 17.5. The Balaban J connectivity index is 0.919. The van der Waals surface area contributed by atoms with Gasteiger partial charge in [0.2, 0.25) is 5.91 Å². The number of hydrogen-bond acceptors (Lipinski definition) is 11. The Bertz CT molecular complexity index is 2310. The number of likely N-dealkylation sites (tertiary alicyclic amines) is 1. The summed E-state index contributed by atoms with van der Waals surface area (Å²) in [5.74, 6) is 1.62. The quantitative estimate of drug-likeness (QED) is 0.147. The van der Waals surface area contributed by atoms with Crippen LogP contribution in [-0.4, -0.2) is 109 Å². The van der Waals surface area contributed by atoms with E-state index in [1.807, 2.05) is 17.0 Å². The number of aryl methyl sites for hydroxylation is 1. The van der Waals surface area contributed by atoms with E-state index in [2.05, 4.69) is 25.4 Å². The molecule has 4 aliphatic heterocycles. The minimum Gasteiger partial charge on any atom is -0.486 e. The van der Waals surface area contributed by atoms with Gasteiger partial charge in [-0.25, -0.2) is 14.8 Å². The number of halogens is 4. The lowest BCUT2D eigenvalue weighted by Gasteiger charge is -2.40. The van der Waals surface area contributed by atoms with Gasteiger partial charge in [0.15, 0.2) is 0 Å². The zero-order valence-electron chi connectivity index (χ0n) is 34.1. The van der Waals surface area contributed by atoms with Crippen LogP contribution in [0.15, 0.2) is 48.5 Å². The maximum absolute atomic E-state index is 13.6. The van der Waals surface area contributed by atoms with Crippen molar-refractivity contribution in [1.29, 1.82) is 0 Å². The van der Waals surface area contributed by atoms with Gasteiger partial charge in [0.25, 0.3) is 5.91 Å². The number of piperazine rings is 1. The third-order valence-corrected chi connectivity index (χ3v) is 12.2.